The van der Waals surface area contributed by atoms with E-state index in [-0.39, 0.29) is 11.6 Å². The average molecular weight is 205 g/mol. The van der Waals surface area contributed by atoms with Crippen molar-refractivity contribution in [2.75, 3.05) is 0 Å². The van der Waals surface area contributed by atoms with Crippen LogP contribution in [0, 0.1) is 13.8 Å². The first-order valence-electron chi connectivity index (χ1n) is 5.45. The Labute approximate surface area is 91.4 Å². The Morgan fingerprint density at radius 1 is 1.27 bits per heavy atom. The van der Waals surface area contributed by atoms with Gasteiger partial charge in [-0.2, -0.15) is 0 Å². The normalized spacial score (nSPS) is 23.1. The predicted octanol–water partition coefficient (Wildman–Crippen LogP) is 2.86. The van der Waals surface area contributed by atoms with Gasteiger partial charge in [0.1, 0.15) is 11.4 Å². The summed E-state index contributed by atoms with van der Waals surface area (Å²) in [5, 5.41) is 0. The summed E-state index contributed by atoms with van der Waals surface area (Å²) in [5.74, 6) is 0.999. The molecule has 0 fully saturated rings. The maximum atomic E-state index is 6.21. The van der Waals surface area contributed by atoms with Crippen LogP contribution in [0.5, 0.6) is 5.75 Å². The van der Waals surface area contributed by atoms with Crippen molar-refractivity contribution < 1.29 is 4.74 Å². The van der Waals surface area contributed by atoms with Crippen LogP contribution in [0.2, 0.25) is 0 Å². The lowest BCUT2D eigenvalue weighted by molar-refractivity contribution is 0.0716. The Hall–Kier alpha value is -1.02. The summed E-state index contributed by atoms with van der Waals surface area (Å²) in [4.78, 5) is 0. The Morgan fingerprint density at radius 3 is 2.53 bits per heavy atom. The van der Waals surface area contributed by atoms with E-state index in [1.54, 1.807) is 0 Å². The first-order chi connectivity index (χ1) is 6.91. The van der Waals surface area contributed by atoms with Crippen LogP contribution >= 0.6 is 0 Å². The number of fused-ring (bicyclic) bond motifs is 1. The molecule has 1 aliphatic heterocycles. The van der Waals surface area contributed by atoms with E-state index >= 15 is 0 Å². The van der Waals surface area contributed by atoms with Crippen molar-refractivity contribution in [3.63, 3.8) is 0 Å². The molecule has 0 bridgehead atoms. The minimum atomic E-state index is -0.148. The third-order valence-electron chi connectivity index (χ3n) is 3.07. The van der Waals surface area contributed by atoms with Gasteiger partial charge < -0.3 is 10.5 Å². The lowest BCUT2D eigenvalue weighted by atomic mass is 9.87. The molecule has 15 heavy (non-hydrogen) atoms. The molecule has 0 aromatic heterocycles. The molecule has 0 amide bonds. The summed E-state index contributed by atoms with van der Waals surface area (Å²) in [6.07, 6.45) is 0.879. The van der Waals surface area contributed by atoms with Gasteiger partial charge in [-0.05, 0) is 38.8 Å². The number of nitrogens with two attached hydrogens (primary N) is 1. The average Bonchev–Trinajstić information content (AvgIpc) is 2.09. The fraction of sp³-hybridized carbons (Fsp3) is 0.538. The lowest BCUT2D eigenvalue weighted by Gasteiger charge is -2.37. The molecule has 2 N–H and O–H groups in total. The molecular formula is C13H19NO. The van der Waals surface area contributed by atoms with E-state index in [1.807, 2.05) is 0 Å². The fourth-order valence-corrected chi connectivity index (χ4v) is 2.35. The molecule has 0 radical (unpaired) electrons. The molecule has 1 aliphatic rings. The molecule has 1 unspecified atom stereocenters. The molecule has 0 saturated heterocycles. The zero-order chi connectivity index (χ0) is 11.2. The molecule has 1 aromatic carbocycles. The molecule has 0 aliphatic carbocycles. The molecule has 1 aromatic rings. The van der Waals surface area contributed by atoms with E-state index < -0.39 is 0 Å². The van der Waals surface area contributed by atoms with Gasteiger partial charge in [-0.3, -0.25) is 0 Å². The third kappa shape index (κ3) is 1.74. The molecule has 0 spiro atoms. The van der Waals surface area contributed by atoms with Gasteiger partial charge >= 0.3 is 0 Å². The summed E-state index contributed by atoms with van der Waals surface area (Å²) in [7, 11) is 0. The van der Waals surface area contributed by atoms with Crippen molar-refractivity contribution in [3.05, 3.63) is 28.8 Å². The molecule has 2 heteroatoms. The van der Waals surface area contributed by atoms with Crippen molar-refractivity contribution in [1.29, 1.82) is 0 Å². The first-order valence-corrected chi connectivity index (χ1v) is 5.45. The van der Waals surface area contributed by atoms with Crippen LogP contribution in [0.15, 0.2) is 12.1 Å². The minimum Gasteiger partial charge on any atom is -0.487 e. The Bertz CT molecular complexity index is 396. The zero-order valence-corrected chi connectivity index (χ0v) is 9.92. The van der Waals surface area contributed by atoms with Gasteiger partial charge in [0.15, 0.2) is 0 Å². The highest BCUT2D eigenvalue weighted by Crippen LogP contribution is 2.41. The molecular weight excluding hydrogens is 186 g/mol. The van der Waals surface area contributed by atoms with E-state index in [1.165, 1.54) is 16.7 Å². The van der Waals surface area contributed by atoms with Gasteiger partial charge in [-0.1, -0.05) is 12.1 Å². The van der Waals surface area contributed by atoms with Crippen molar-refractivity contribution >= 4 is 0 Å². The van der Waals surface area contributed by atoms with Crippen molar-refractivity contribution in [3.8, 4) is 5.75 Å². The minimum absolute atomic E-state index is 0.101. The van der Waals surface area contributed by atoms with Crippen molar-refractivity contribution in [2.24, 2.45) is 5.73 Å². The summed E-state index contributed by atoms with van der Waals surface area (Å²) >= 11 is 0. The number of rotatable bonds is 0. The molecule has 2 rings (SSSR count). The van der Waals surface area contributed by atoms with Crippen LogP contribution in [0.25, 0.3) is 0 Å². The van der Waals surface area contributed by atoms with E-state index in [9.17, 15) is 0 Å². The fourth-order valence-electron chi connectivity index (χ4n) is 2.35. The van der Waals surface area contributed by atoms with Gasteiger partial charge in [-0.15, -0.1) is 0 Å². The van der Waals surface area contributed by atoms with Crippen molar-refractivity contribution in [2.45, 2.75) is 45.8 Å². The van der Waals surface area contributed by atoms with E-state index in [0.717, 1.165) is 12.2 Å². The molecule has 2 nitrogen and oxygen atoms in total. The SMILES string of the molecule is Cc1ccc(C)c2c1OC(C)(C)CC2N. The Morgan fingerprint density at radius 2 is 1.87 bits per heavy atom. The smallest absolute Gasteiger partial charge is 0.128 e. The van der Waals surface area contributed by atoms with Gasteiger partial charge in [0.25, 0.3) is 0 Å². The zero-order valence-electron chi connectivity index (χ0n) is 9.92. The maximum Gasteiger partial charge on any atom is 0.128 e. The predicted molar refractivity (Wildman–Crippen MR) is 62.2 cm³/mol. The monoisotopic (exact) mass is 205 g/mol. The van der Waals surface area contributed by atoms with Gasteiger partial charge in [0.2, 0.25) is 0 Å². The second-order valence-electron chi connectivity index (χ2n) is 5.11. The third-order valence-corrected chi connectivity index (χ3v) is 3.07. The van der Waals surface area contributed by atoms with Gasteiger partial charge in [0, 0.05) is 18.0 Å². The van der Waals surface area contributed by atoms with E-state index in [2.05, 4.69) is 39.8 Å². The molecule has 1 heterocycles. The first kappa shape index (κ1) is 10.5. The Kier molecular flexibility index (Phi) is 2.27. The van der Waals surface area contributed by atoms with Crippen molar-refractivity contribution in [1.82, 2.24) is 0 Å². The van der Waals surface area contributed by atoms with Crippen LogP contribution in [0.1, 0.15) is 43.0 Å². The molecule has 0 saturated carbocycles. The number of hydrogen-bond acceptors (Lipinski definition) is 2. The largest absolute Gasteiger partial charge is 0.487 e. The summed E-state index contributed by atoms with van der Waals surface area (Å²) in [6.45, 7) is 8.36. The molecule has 1 atom stereocenters. The standard InChI is InChI=1S/C13H19NO/c1-8-5-6-9(2)12-11(8)10(14)7-13(3,4)15-12/h5-6,10H,7,14H2,1-4H3. The highest BCUT2D eigenvalue weighted by atomic mass is 16.5. The number of ether oxygens (including phenoxy) is 1. The van der Waals surface area contributed by atoms with Crippen LogP contribution in [0.3, 0.4) is 0 Å². The second-order valence-corrected chi connectivity index (χ2v) is 5.11. The van der Waals surface area contributed by atoms with Crippen LogP contribution in [0.4, 0.5) is 0 Å². The van der Waals surface area contributed by atoms with Gasteiger partial charge in [-0.25, -0.2) is 0 Å². The Balaban J connectivity index is 2.59. The van der Waals surface area contributed by atoms with Crippen LogP contribution in [-0.2, 0) is 0 Å². The second kappa shape index (κ2) is 3.24. The maximum absolute atomic E-state index is 6.21. The topological polar surface area (TPSA) is 35.2 Å². The quantitative estimate of drug-likeness (QED) is 0.707. The lowest BCUT2D eigenvalue weighted by Crippen LogP contribution is -2.38. The highest BCUT2D eigenvalue weighted by Gasteiger charge is 2.33. The number of benzene rings is 1. The van der Waals surface area contributed by atoms with Gasteiger partial charge in [0.05, 0.1) is 0 Å². The number of hydrogen-bond donors (Lipinski definition) is 1. The summed E-state index contributed by atoms with van der Waals surface area (Å²) in [5.41, 5.74) is 9.67. The molecule has 82 valence electrons. The van der Waals surface area contributed by atoms with E-state index in [0.29, 0.717) is 0 Å². The summed E-state index contributed by atoms with van der Waals surface area (Å²) < 4.78 is 6.02. The number of aryl methyl sites for hydroxylation is 2. The van der Waals surface area contributed by atoms with Crippen LogP contribution in [-0.4, -0.2) is 5.60 Å². The van der Waals surface area contributed by atoms with Crippen LogP contribution < -0.4 is 10.5 Å². The summed E-state index contributed by atoms with van der Waals surface area (Å²) in [6, 6.07) is 4.32. The van der Waals surface area contributed by atoms with E-state index in [4.69, 9.17) is 10.5 Å². The highest BCUT2D eigenvalue weighted by molar-refractivity contribution is 5.49.